The van der Waals surface area contributed by atoms with Crippen LogP contribution in [-0.2, 0) is 11.3 Å². The molecular weight excluding hydrogens is 362 g/mol. The summed E-state index contributed by atoms with van der Waals surface area (Å²) in [6.07, 6.45) is 2.59. The van der Waals surface area contributed by atoms with Crippen LogP contribution < -0.4 is 14.5 Å². The molecule has 0 unspecified atom stereocenters. The molecule has 2 aliphatic rings. The van der Waals surface area contributed by atoms with Crippen molar-refractivity contribution in [1.82, 2.24) is 4.90 Å². The molecule has 2 aliphatic heterocycles. The highest BCUT2D eigenvalue weighted by Crippen LogP contribution is 2.08. The number of rotatable bonds is 6. The molecule has 2 saturated heterocycles. The van der Waals surface area contributed by atoms with Gasteiger partial charge in [0.25, 0.3) is 5.91 Å². The molecule has 0 bridgehead atoms. The van der Waals surface area contributed by atoms with Crippen LogP contribution in [-0.4, -0.2) is 62.7 Å². The number of carbonyl (C=O) groups excluding carboxylic acids is 1. The van der Waals surface area contributed by atoms with Crippen molar-refractivity contribution < 1.29 is 19.3 Å². The number of quaternary nitrogens is 2. The van der Waals surface area contributed by atoms with E-state index < -0.39 is 0 Å². The summed E-state index contributed by atoms with van der Waals surface area (Å²) in [6, 6.07) is 21.2. The Kier molecular flexibility index (Phi) is 6.80. The number of piperazine rings is 1. The Morgan fingerprint density at radius 1 is 0.897 bits per heavy atom. The number of nitrogens with one attached hydrogen (secondary N) is 2. The monoisotopic (exact) mass is 395 g/mol. The molecule has 0 atom stereocenters. The van der Waals surface area contributed by atoms with E-state index >= 15 is 0 Å². The summed E-state index contributed by atoms with van der Waals surface area (Å²) >= 11 is 0. The van der Waals surface area contributed by atoms with Gasteiger partial charge in [0.15, 0.2) is 6.61 Å². The van der Waals surface area contributed by atoms with E-state index in [-0.39, 0.29) is 12.5 Å². The van der Waals surface area contributed by atoms with E-state index in [9.17, 15) is 4.79 Å². The van der Waals surface area contributed by atoms with Crippen molar-refractivity contribution in [3.63, 3.8) is 0 Å². The number of carbonyl (C=O) groups is 1. The van der Waals surface area contributed by atoms with Crippen LogP contribution in [0.15, 0.2) is 60.7 Å². The molecule has 2 heterocycles. The Balaban J connectivity index is 1.17. The van der Waals surface area contributed by atoms with Gasteiger partial charge in [-0.05, 0) is 12.1 Å². The lowest BCUT2D eigenvalue weighted by Gasteiger charge is -2.39. The van der Waals surface area contributed by atoms with Gasteiger partial charge in [0.05, 0.1) is 45.3 Å². The molecule has 5 heteroatoms. The van der Waals surface area contributed by atoms with Gasteiger partial charge in [0, 0.05) is 18.4 Å². The van der Waals surface area contributed by atoms with Gasteiger partial charge in [0.1, 0.15) is 12.3 Å². The first-order valence-electron chi connectivity index (χ1n) is 11.0. The van der Waals surface area contributed by atoms with Crippen molar-refractivity contribution >= 4 is 5.91 Å². The van der Waals surface area contributed by atoms with Gasteiger partial charge in [-0.2, -0.15) is 0 Å². The van der Waals surface area contributed by atoms with Gasteiger partial charge in [0.2, 0.25) is 0 Å². The summed E-state index contributed by atoms with van der Waals surface area (Å²) < 4.78 is 5.62. The van der Waals surface area contributed by atoms with E-state index in [2.05, 4.69) is 30.3 Å². The van der Waals surface area contributed by atoms with Crippen molar-refractivity contribution in [3.05, 3.63) is 66.2 Å². The zero-order valence-corrected chi connectivity index (χ0v) is 17.2. The first-order chi connectivity index (χ1) is 14.3. The Hall–Kier alpha value is -2.37. The summed E-state index contributed by atoms with van der Waals surface area (Å²) in [6.45, 7) is 7.64. The van der Waals surface area contributed by atoms with E-state index in [1.54, 1.807) is 9.80 Å². The Bertz CT molecular complexity index is 752. The highest BCUT2D eigenvalue weighted by Gasteiger charge is 2.33. The van der Waals surface area contributed by atoms with Crippen LogP contribution in [0.5, 0.6) is 5.75 Å². The Morgan fingerprint density at radius 3 is 2.17 bits per heavy atom. The predicted molar refractivity (Wildman–Crippen MR) is 113 cm³/mol. The first kappa shape index (κ1) is 19.9. The number of para-hydroxylation sites is 1. The van der Waals surface area contributed by atoms with Gasteiger partial charge in [-0.25, -0.2) is 0 Å². The van der Waals surface area contributed by atoms with Crippen molar-refractivity contribution in [1.29, 1.82) is 0 Å². The third-order valence-corrected chi connectivity index (χ3v) is 6.43. The molecule has 5 nitrogen and oxygen atoms in total. The molecule has 2 aromatic carbocycles. The molecule has 0 saturated carbocycles. The van der Waals surface area contributed by atoms with Crippen LogP contribution in [0.3, 0.4) is 0 Å². The molecule has 4 rings (SSSR count). The fourth-order valence-electron chi connectivity index (χ4n) is 4.70. The topological polar surface area (TPSA) is 38.4 Å². The maximum atomic E-state index is 12.5. The van der Waals surface area contributed by atoms with Gasteiger partial charge in [-0.15, -0.1) is 0 Å². The molecule has 1 amide bonds. The highest BCUT2D eigenvalue weighted by molar-refractivity contribution is 5.77. The third-order valence-electron chi connectivity index (χ3n) is 6.43. The normalized spacial score (nSPS) is 23.0. The average molecular weight is 396 g/mol. The summed E-state index contributed by atoms with van der Waals surface area (Å²) in [5, 5.41) is 0. The molecule has 2 aromatic rings. The maximum absolute atomic E-state index is 12.5. The number of hydrogen-bond acceptors (Lipinski definition) is 2. The minimum Gasteiger partial charge on any atom is -0.484 e. The van der Waals surface area contributed by atoms with Crippen LogP contribution >= 0.6 is 0 Å². The number of amides is 1. The van der Waals surface area contributed by atoms with E-state index in [4.69, 9.17) is 4.74 Å². The van der Waals surface area contributed by atoms with Gasteiger partial charge in [-0.1, -0.05) is 48.5 Å². The number of nitrogens with zero attached hydrogens (tertiary/aromatic N) is 1. The molecule has 0 aromatic heterocycles. The van der Waals surface area contributed by atoms with Gasteiger partial charge < -0.3 is 19.4 Å². The standard InChI is InChI=1S/C24H31N3O2/c28-24(20-29-23-9-5-2-6-10-23)27-17-15-26(16-18-27)22-11-13-25(14-12-22)19-21-7-3-1-4-8-21/h1-10,22H,11-20H2/p+2. The first-order valence-corrected chi connectivity index (χ1v) is 11.0. The van der Waals surface area contributed by atoms with Crippen molar-refractivity contribution in [2.45, 2.75) is 25.4 Å². The smallest absolute Gasteiger partial charge is 0.260 e. The lowest BCUT2D eigenvalue weighted by atomic mass is 10.0. The second-order valence-electron chi connectivity index (χ2n) is 8.33. The molecule has 0 radical (unpaired) electrons. The predicted octanol–water partition coefficient (Wildman–Crippen LogP) is 0.0400. The van der Waals surface area contributed by atoms with E-state index in [1.807, 2.05) is 35.2 Å². The van der Waals surface area contributed by atoms with Crippen molar-refractivity contribution in [3.8, 4) is 5.75 Å². The van der Waals surface area contributed by atoms with Crippen LogP contribution in [0, 0.1) is 0 Å². The van der Waals surface area contributed by atoms with Crippen molar-refractivity contribution in [2.24, 2.45) is 0 Å². The number of hydrogen-bond donors (Lipinski definition) is 2. The summed E-state index contributed by atoms with van der Waals surface area (Å²) in [4.78, 5) is 17.8. The fourth-order valence-corrected chi connectivity index (χ4v) is 4.70. The minimum absolute atomic E-state index is 0.107. The van der Waals surface area contributed by atoms with Crippen molar-refractivity contribution in [2.75, 3.05) is 45.9 Å². The quantitative estimate of drug-likeness (QED) is 0.725. The minimum atomic E-state index is 0.107. The molecule has 0 aliphatic carbocycles. The van der Waals surface area contributed by atoms with E-state index in [0.29, 0.717) is 0 Å². The van der Waals surface area contributed by atoms with Crippen LogP contribution in [0.25, 0.3) is 0 Å². The number of benzene rings is 2. The Labute approximate surface area is 173 Å². The number of piperidine rings is 1. The van der Waals surface area contributed by atoms with E-state index in [1.165, 1.54) is 31.5 Å². The van der Waals surface area contributed by atoms with Gasteiger partial charge >= 0.3 is 0 Å². The number of likely N-dealkylation sites (tertiary alicyclic amines) is 1. The average Bonchev–Trinajstić information content (AvgIpc) is 2.79. The fraction of sp³-hybridized carbons (Fsp3) is 0.458. The van der Waals surface area contributed by atoms with Crippen LogP contribution in [0.2, 0.25) is 0 Å². The molecule has 2 fully saturated rings. The molecule has 29 heavy (non-hydrogen) atoms. The van der Waals surface area contributed by atoms with Gasteiger partial charge in [-0.3, -0.25) is 4.79 Å². The SMILES string of the molecule is O=C(COc1ccccc1)N1CC[NH+](C2CC[NH+](Cc3ccccc3)CC2)CC1. The second kappa shape index (κ2) is 9.90. The molecule has 154 valence electrons. The Morgan fingerprint density at radius 2 is 1.52 bits per heavy atom. The highest BCUT2D eigenvalue weighted by atomic mass is 16.5. The largest absolute Gasteiger partial charge is 0.484 e. The molecule has 2 N–H and O–H groups in total. The van der Waals surface area contributed by atoms with E-state index in [0.717, 1.165) is 44.5 Å². The molecule has 0 spiro atoms. The summed E-state index contributed by atoms with van der Waals surface area (Å²) in [5.41, 5.74) is 1.44. The summed E-state index contributed by atoms with van der Waals surface area (Å²) in [5.74, 6) is 0.866. The van der Waals surface area contributed by atoms with Crippen LogP contribution in [0.4, 0.5) is 0 Å². The zero-order chi connectivity index (χ0) is 19.9. The maximum Gasteiger partial charge on any atom is 0.260 e. The number of ether oxygens (including phenoxy) is 1. The zero-order valence-electron chi connectivity index (χ0n) is 17.2. The lowest BCUT2D eigenvalue weighted by Crippen LogP contribution is -3.21. The second-order valence-corrected chi connectivity index (χ2v) is 8.33. The lowest BCUT2D eigenvalue weighted by molar-refractivity contribution is -0.965. The summed E-state index contributed by atoms with van der Waals surface area (Å²) in [7, 11) is 0. The molecular formula is C24H33N3O2+2. The van der Waals surface area contributed by atoms with Crippen LogP contribution in [0.1, 0.15) is 18.4 Å². The third kappa shape index (κ3) is 5.58.